The molecule has 0 spiro atoms. The molecular weight excluding hydrogens is 470 g/mol. The van der Waals surface area contributed by atoms with Crippen molar-refractivity contribution in [1.82, 2.24) is 28.7 Å². The topological polar surface area (TPSA) is 127 Å². The van der Waals surface area contributed by atoms with Crippen molar-refractivity contribution in [2.24, 2.45) is 0 Å². The van der Waals surface area contributed by atoms with Gasteiger partial charge in [-0.1, -0.05) is 0 Å². The molecule has 4 heterocycles. The summed E-state index contributed by atoms with van der Waals surface area (Å²) in [6.07, 6.45) is 10.00. The SMILES string of the molecule is COC[C@H](C)Nc1ncc2c(-c3cnn(C4CN(S(C)(=O)=O)C4)c3)cc([C@H]3CC[C@H](O)CC3)n2n1. The Morgan fingerprint density at radius 3 is 2.66 bits per heavy atom. The number of fused-ring (bicyclic) bond motifs is 1. The average Bonchev–Trinajstić information content (AvgIpc) is 3.37. The van der Waals surface area contributed by atoms with Crippen LogP contribution in [0, 0.1) is 0 Å². The largest absolute Gasteiger partial charge is 0.393 e. The Bertz CT molecular complexity index is 1290. The molecule has 0 amide bonds. The second-order valence-electron chi connectivity index (χ2n) is 9.81. The third-order valence-corrected chi connectivity index (χ3v) is 8.27. The molecule has 190 valence electrons. The highest BCUT2D eigenvalue weighted by Crippen LogP contribution is 2.38. The summed E-state index contributed by atoms with van der Waals surface area (Å²) in [5, 5.41) is 22.7. The van der Waals surface area contributed by atoms with Gasteiger partial charge in [0.05, 0.1) is 42.9 Å². The monoisotopic (exact) mass is 503 g/mol. The van der Waals surface area contributed by atoms with Crippen molar-refractivity contribution in [2.45, 2.75) is 56.7 Å². The second-order valence-corrected chi connectivity index (χ2v) is 11.8. The standard InChI is InChI=1S/C23H33N7O4S/c1-15(14-34-2)26-23-24-10-22-20(8-21(30(22)27-23)16-4-6-19(31)7-5-16)17-9-25-29(11-17)18-12-28(13-18)35(3,32)33/h8-11,15-16,18-19,31H,4-7,12-14H2,1-3H3,(H,26,27)/t15-,16-,19-/m0/s1. The zero-order valence-corrected chi connectivity index (χ0v) is 21.1. The maximum atomic E-state index is 11.7. The Kier molecular flexibility index (Phi) is 6.55. The van der Waals surface area contributed by atoms with Crippen LogP contribution in [0.1, 0.15) is 50.3 Å². The molecule has 1 atom stereocenters. The second kappa shape index (κ2) is 9.49. The first-order valence-corrected chi connectivity index (χ1v) is 13.9. The number of methoxy groups -OCH3 is 1. The molecule has 11 nitrogen and oxygen atoms in total. The third kappa shape index (κ3) is 4.92. The summed E-state index contributed by atoms with van der Waals surface area (Å²) in [4.78, 5) is 4.55. The van der Waals surface area contributed by atoms with Crippen LogP contribution in [0.2, 0.25) is 0 Å². The van der Waals surface area contributed by atoms with Gasteiger partial charge >= 0.3 is 0 Å². The molecule has 35 heavy (non-hydrogen) atoms. The molecule has 3 aromatic heterocycles. The zero-order valence-electron chi connectivity index (χ0n) is 20.3. The minimum atomic E-state index is -3.17. The van der Waals surface area contributed by atoms with Crippen molar-refractivity contribution in [3.05, 3.63) is 30.4 Å². The lowest BCUT2D eigenvalue weighted by molar-refractivity contribution is 0.121. The van der Waals surface area contributed by atoms with Gasteiger partial charge in [0, 0.05) is 55.2 Å². The van der Waals surface area contributed by atoms with Gasteiger partial charge < -0.3 is 15.2 Å². The number of rotatable bonds is 8. The molecule has 1 aliphatic heterocycles. The Morgan fingerprint density at radius 2 is 1.97 bits per heavy atom. The van der Waals surface area contributed by atoms with Gasteiger partial charge in [0.15, 0.2) is 0 Å². The number of aromatic nitrogens is 5. The van der Waals surface area contributed by atoms with Gasteiger partial charge in [-0.05, 0) is 38.7 Å². The molecule has 12 heteroatoms. The van der Waals surface area contributed by atoms with E-state index in [-0.39, 0.29) is 18.2 Å². The number of sulfonamides is 1. The summed E-state index contributed by atoms with van der Waals surface area (Å²) in [6, 6.07) is 2.26. The highest BCUT2D eigenvalue weighted by Gasteiger charge is 2.35. The molecule has 0 radical (unpaired) electrons. The van der Waals surface area contributed by atoms with E-state index in [1.54, 1.807) is 7.11 Å². The molecular formula is C23H33N7O4S. The number of aliphatic hydroxyl groups is 1. The maximum absolute atomic E-state index is 11.7. The molecule has 1 saturated carbocycles. The minimum Gasteiger partial charge on any atom is -0.393 e. The van der Waals surface area contributed by atoms with Crippen molar-refractivity contribution in [1.29, 1.82) is 0 Å². The minimum absolute atomic E-state index is 0.0287. The van der Waals surface area contributed by atoms with Crippen LogP contribution in [0.4, 0.5) is 5.95 Å². The normalized spacial score (nSPS) is 22.9. The van der Waals surface area contributed by atoms with Crippen LogP contribution in [-0.4, -0.2) is 87.4 Å². The first-order valence-electron chi connectivity index (χ1n) is 12.0. The fourth-order valence-electron chi connectivity index (χ4n) is 5.02. The van der Waals surface area contributed by atoms with Gasteiger partial charge in [-0.2, -0.15) is 9.40 Å². The Hall–Kier alpha value is -2.54. The van der Waals surface area contributed by atoms with Crippen molar-refractivity contribution in [2.75, 3.05) is 38.4 Å². The van der Waals surface area contributed by atoms with Gasteiger partial charge in [0.25, 0.3) is 0 Å². The molecule has 2 N–H and O–H groups in total. The lowest BCUT2D eigenvalue weighted by Gasteiger charge is -2.36. The van der Waals surface area contributed by atoms with E-state index in [1.165, 1.54) is 10.6 Å². The molecule has 5 rings (SSSR count). The summed E-state index contributed by atoms with van der Waals surface area (Å²) in [7, 11) is -1.50. The van der Waals surface area contributed by atoms with Gasteiger partial charge in [-0.3, -0.25) is 4.68 Å². The van der Waals surface area contributed by atoms with Crippen molar-refractivity contribution < 1.29 is 18.3 Å². The quantitative estimate of drug-likeness (QED) is 0.477. The molecule has 0 bridgehead atoms. The summed E-state index contributed by atoms with van der Waals surface area (Å²) in [6.45, 7) is 3.43. The van der Waals surface area contributed by atoms with Crippen LogP contribution in [0.3, 0.4) is 0 Å². The van der Waals surface area contributed by atoms with Crippen LogP contribution < -0.4 is 5.32 Å². The van der Waals surface area contributed by atoms with Crippen LogP contribution >= 0.6 is 0 Å². The van der Waals surface area contributed by atoms with Gasteiger partial charge in [-0.25, -0.2) is 17.9 Å². The van der Waals surface area contributed by atoms with E-state index in [9.17, 15) is 13.5 Å². The van der Waals surface area contributed by atoms with E-state index in [0.29, 0.717) is 31.6 Å². The van der Waals surface area contributed by atoms with Gasteiger partial charge in [0.1, 0.15) is 0 Å². The highest BCUT2D eigenvalue weighted by molar-refractivity contribution is 7.88. The molecule has 1 saturated heterocycles. The average molecular weight is 504 g/mol. The van der Waals surface area contributed by atoms with E-state index in [1.807, 2.05) is 34.7 Å². The summed E-state index contributed by atoms with van der Waals surface area (Å²) in [5.41, 5.74) is 3.93. The molecule has 0 aromatic carbocycles. The predicted molar refractivity (Wildman–Crippen MR) is 132 cm³/mol. The lowest BCUT2D eigenvalue weighted by Crippen LogP contribution is -2.50. The third-order valence-electron chi connectivity index (χ3n) is 7.04. The number of hydrogen-bond acceptors (Lipinski definition) is 8. The number of nitrogens with one attached hydrogen (secondary N) is 1. The molecule has 2 fully saturated rings. The Labute approximate surface area is 205 Å². The molecule has 3 aromatic rings. The number of ether oxygens (including phenoxy) is 1. The van der Waals surface area contributed by atoms with Gasteiger partial charge in [0.2, 0.25) is 16.0 Å². The summed E-state index contributed by atoms with van der Waals surface area (Å²) < 4.78 is 33.9. The van der Waals surface area contributed by atoms with Crippen LogP contribution in [0.25, 0.3) is 16.6 Å². The smallest absolute Gasteiger partial charge is 0.241 e. The highest BCUT2D eigenvalue weighted by atomic mass is 32.2. The first kappa shape index (κ1) is 24.2. The number of nitrogens with zero attached hydrogens (tertiary/aromatic N) is 6. The summed E-state index contributed by atoms with van der Waals surface area (Å²) >= 11 is 0. The Morgan fingerprint density at radius 1 is 1.23 bits per heavy atom. The van der Waals surface area contributed by atoms with Crippen molar-refractivity contribution in [3.8, 4) is 11.1 Å². The van der Waals surface area contributed by atoms with E-state index < -0.39 is 10.0 Å². The van der Waals surface area contributed by atoms with Crippen LogP contribution in [0.5, 0.6) is 0 Å². The van der Waals surface area contributed by atoms with Crippen LogP contribution in [-0.2, 0) is 14.8 Å². The van der Waals surface area contributed by atoms with Crippen LogP contribution in [0.15, 0.2) is 24.7 Å². The first-order chi connectivity index (χ1) is 16.7. The maximum Gasteiger partial charge on any atom is 0.241 e. The van der Waals surface area contributed by atoms with Crippen molar-refractivity contribution in [3.63, 3.8) is 0 Å². The van der Waals surface area contributed by atoms with Crippen molar-refractivity contribution >= 4 is 21.5 Å². The van der Waals surface area contributed by atoms with Gasteiger partial charge in [-0.15, -0.1) is 5.10 Å². The predicted octanol–water partition coefficient (Wildman–Crippen LogP) is 1.87. The number of anilines is 1. The van der Waals surface area contributed by atoms with E-state index in [0.717, 1.165) is 48.0 Å². The van der Waals surface area contributed by atoms with E-state index in [4.69, 9.17) is 9.84 Å². The fourth-order valence-corrected chi connectivity index (χ4v) is 5.90. The molecule has 1 aliphatic carbocycles. The Balaban J connectivity index is 1.47. The molecule has 0 unspecified atom stereocenters. The number of aliphatic hydroxyl groups excluding tert-OH is 1. The lowest BCUT2D eigenvalue weighted by atomic mass is 9.85. The number of hydrogen-bond donors (Lipinski definition) is 2. The van der Waals surface area contributed by atoms with E-state index in [2.05, 4.69) is 21.5 Å². The fraction of sp³-hybridized carbons (Fsp3) is 0.609. The summed E-state index contributed by atoms with van der Waals surface area (Å²) in [5.74, 6) is 0.830. The van der Waals surface area contributed by atoms with E-state index >= 15 is 0 Å². The zero-order chi connectivity index (χ0) is 24.7. The molecule has 2 aliphatic rings.